The maximum absolute atomic E-state index is 11.7. The molecule has 0 aliphatic heterocycles. The van der Waals surface area contributed by atoms with Gasteiger partial charge in [-0.2, -0.15) is 0 Å². The summed E-state index contributed by atoms with van der Waals surface area (Å²) >= 11 is 1.54. The number of nitrogens with one attached hydrogen (secondary N) is 1. The van der Waals surface area contributed by atoms with E-state index in [0.29, 0.717) is 16.3 Å². The molecule has 2 heterocycles. The van der Waals surface area contributed by atoms with Crippen LogP contribution in [0.2, 0.25) is 0 Å². The van der Waals surface area contributed by atoms with Gasteiger partial charge < -0.3 is 10.1 Å². The first-order valence-corrected chi connectivity index (χ1v) is 10.4. The number of anilines is 2. The van der Waals surface area contributed by atoms with Crippen molar-refractivity contribution in [2.45, 2.75) is 24.8 Å². The molecule has 0 radical (unpaired) electrons. The van der Waals surface area contributed by atoms with E-state index in [0.717, 1.165) is 26.1 Å². The van der Waals surface area contributed by atoms with Gasteiger partial charge in [-0.1, -0.05) is 17.4 Å². The van der Waals surface area contributed by atoms with E-state index in [2.05, 4.69) is 10.3 Å². The number of nitrogens with two attached hydrogens (primary N) is 1. The molecular weight excluding hydrogens is 380 g/mol. The summed E-state index contributed by atoms with van der Waals surface area (Å²) < 4.78 is 18.6. The summed E-state index contributed by atoms with van der Waals surface area (Å²) in [6.45, 7) is 3.91. The van der Waals surface area contributed by atoms with Crippen molar-refractivity contribution in [1.29, 1.82) is 0 Å². The lowest BCUT2D eigenvalue weighted by atomic mass is 10.1. The van der Waals surface area contributed by atoms with Crippen LogP contribution in [0.25, 0.3) is 21.0 Å². The Hall–Kier alpha value is -2.55. The number of hydrogen-bond acceptors (Lipinski definition) is 6. The molecule has 0 bridgehead atoms. The molecule has 1 atom stereocenters. The van der Waals surface area contributed by atoms with E-state index in [-0.39, 0.29) is 6.10 Å². The zero-order valence-electron chi connectivity index (χ0n) is 14.8. The molecule has 0 amide bonds. The lowest BCUT2D eigenvalue weighted by Crippen LogP contribution is -2.09. The van der Waals surface area contributed by atoms with Crippen molar-refractivity contribution in [2.24, 2.45) is 5.14 Å². The average molecular weight is 399 g/mol. The minimum atomic E-state index is -1.57. The average Bonchev–Trinajstić information content (AvgIpc) is 3.05. The molecule has 0 saturated carbocycles. The van der Waals surface area contributed by atoms with Gasteiger partial charge in [0.1, 0.15) is 16.7 Å². The minimum Gasteiger partial charge on any atom is -0.489 e. The van der Waals surface area contributed by atoms with Crippen molar-refractivity contribution in [2.75, 3.05) is 5.32 Å². The second-order valence-corrected chi connectivity index (χ2v) is 8.37. The van der Waals surface area contributed by atoms with E-state index in [1.807, 2.05) is 38.2 Å². The molecule has 0 aliphatic carbocycles. The molecule has 1 unspecified atom stereocenters. The Balaban J connectivity index is 1.77. The summed E-state index contributed by atoms with van der Waals surface area (Å²) in [6, 6.07) is 11.3. The molecule has 2 aromatic carbocycles. The molecule has 4 rings (SSSR count). The minimum absolute atomic E-state index is 0.00610. The number of thiazole rings is 1. The fourth-order valence-electron chi connectivity index (χ4n) is 2.82. The van der Waals surface area contributed by atoms with Crippen LogP contribution in [-0.2, 0) is 11.0 Å². The van der Waals surface area contributed by atoms with Crippen molar-refractivity contribution < 1.29 is 8.95 Å². The van der Waals surface area contributed by atoms with Gasteiger partial charge in [-0.25, -0.2) is 14.3 Å². The fourth-order valence-corrected chi connectivity index (χ4v) is 4.15. The highest BCUT2D eigenvalue weighted by molar-refractivity contribution is 7.82. The van der Waals surface area contributed by atoms with E-state index >= 15 is 0 Å². The summed E-state index contributed by atoms with van der Waals surface area (Å²) in [4.78, 5) is 9.43. The van der Waals surface area contributed by atoms with Crippen LogP contribution in [0.5, 0.6) is 5.75 Å². The van der Waals surface area contributed by atoms with Gasteiger partial charge in [0.05, 0.1) is 26.9 Å². The van der Waals surface area contributed by atoms with Crippen LogP contribution in [0.3, 0.4) is 0 Å². The highest BCUT2D eigenvalue weighted by atomic mass is 32.2. The van der Waals surface area contributed by atoms with Crippen LogP contribution < -0.4 is 15.2 Å². The number of pyridine rings is 1. The number of benzene rings is 2. The molecule has 0 aliphatic rings. The van der Waals surface area contributed by atoms with Gasteiger partial charge in [0, 0.05) is 23.2 Å². The van der Waals surface area contributed by atoms with Crippen molar-refractivity contribution in [1.82, 2.24) is 9.97 Å². The molecule has 0 spiro atoms. The van der Waals surface area contributed by atoms with Crippen LogP contribution in [0, 0.1) is 0 Å². The Morgan fingerprint density at radius 3 is 2.85 bits per heavy atom. The molecular formula is C19H18N4O2S2. The molecule has 27 heavy (non-hydrogen) atoms. The Labute approximate surface area is 163 Å². The van der Waals surface area contributed by atoms with Gasteiger partial charge in [0.25, 0.3) is 0 Å². The van der Waals surface area contributed by atoms with E-state index in [1.54, 1.807) is 35.7 Å². The highest BCUT2D eigenvalue weighted by Gasteiger charge is 2.13. The van der Waals surface area contributed by atoms with Crippen LogP contribution in [-0.4, -0.2) is 20.3 Å². The van der Waals surface area contributed by atoms with Crippen molar-refractivity contribution in [3.63, 3.8) is 0 Å². The molecule has 0 saturated heterocycles. The number of rotatable bonds is 5. The zero-order chi connectivity index (χ0) is 19.0. The predicted molar refractivity (Wildman–Crippen MR) is 111 cm³/mol. The normalized spacial score (nSPS) is 12.6. The zero-order valence-corrected chi connectivity index (χ0v) is 16.4. The topological polar surface area (TPSA) is 90.1 Å². The number of nitrogens with zero attached hydrogens (tertiary/aromatic N) is 2. The first kappa shape index (κ1) is 17.8. The SMILES string of the molecule is CC(C)Oc1ccc(S(N)=O)cc1Nc1nc2c(ccc3cnccc32)s1. The quantitative estimate of drug-likeness (QED) is 0.521. The summed E-state index contributed by atoms with van der Waals surface area (Å²) in [5, 5.41) is 11.7. The van der Waals surface area contributed by atoms with Crippen LogP contribution in [0.15, 0.2) is 53.7 Å². The van der Waals surface area contributed by atoms with E-state index in [1.165, 1.54) is 0 Å². The number of hydrogen-bond donors (Lipinski definition) is 2. The van der Waals surface area contributed by atoms with Gasteiger partial charge in [-0.05, 0) is 44.2 Å². The lowest BCUT2D eigenvalue weighted by Gasteiger charge is -2.15. The molecule has 6 nitrogen and oxygen atoms in total. The third-order valence-electron chi connectivity index (χ3n) is 3.96. The summed E-state index contributed by atoms with van der Waals surface area (Å²) in [5.74, 6) is 0.660. The van der Waals surface area contributed by atoms with Crippen LogP contribution in [0.4, 0.5) is 10.8 Å². The van der Waals surface area contributed by atoms with Crippen molar-refractivity contribution in [3.8, 4) is 5.75 Å². The molecule has 2 aromatic heterocycles. The second kappa shape index (κ2) is 7.22. The standard InChI is InChI=1S/C19H18N4O2S2/c1-11(2)25-16-5-4-13(27(20)24)9-15(16)22-19-23-18-14-7-8-21-10-12(14)3-6-17(18)26-19/h3-11H,20H2,1-2H3,(H,22,23). The highest BCUT2D eigenvalue weighted by Crippen LogP contribution is 2.36. The Kier molecular flexibility index (Phi) is 4.77. The third kappa shape index (κ3) is 3.64. The smallest absolute Gasteiger partial charge is 0.188 e. The number of aromatic nitrogens is 2. The maximum Gasteiger partial charge on any atom is 0.188 e. The van der Waals surface area contributed by atoms with Gasteiger partial charge in [0.15, 0.2) is 5.13 Å². The Morgan fingerprint density at radius 2 is 2.07 bits per heavy atom. The van der Waals surface area contributed by atoms with E-state index < -0.39 is 11.0 Å². The second-order valence-electron chi connectivity index (χ2n) is 6.28. The molecule has 0 fully saturated rings. The van der Waals surface area contributed by atoms with Crippen molar-refractivity contribution >= 4 is 54.1 Å². The molecule has 4 aromatic rings. The number of ether oxygens (including phenoxy) is 1. The van der Waals surface area contributed by atoms with Gasteiger partial charge >= 0.3 is 0 Å². The number of fused-ring (bicyclic) bond motifs is 3. The van der Waals surface area contributed by atoms with E-state index in [4.69, 9.17) is 14.9 Å². The lowest BCUT2D eigenvalue weighted by molar-refractivity contribution is 0.243. The summed E-state index contributed by atoms with van der Waals surface area (Å²) in [6.07, 6.45) is 3.60. The predicted octanol–water partition coefficient (Wildman–Crippen LogP) is 4.36. The molecule has 8 heteroatoms. The fraction of sp³-hybridized carbons (Fsp3) is 0.158. The first-order chi connectivity index (χ1) is 13.0. The third-order valence-corrected chi connectivity index (χ3v) is 5.62. The summed E-state index contributed by atoms with van der Waals surface area (Å²) in [5.41, 5.74) is 1.61. The largest absolute Gasteiger partial charge is 0.489 e. The first-order valence-electron chi connectivity index (χ1n) is 8.38. The monoisotopic (exact) mass is 398 g/mol. The van der Waals surface area contributed by atoms with E-state index in [9.17, 15) is 4.21 Å². The van der Waals surface area contributed by atoms with Crippen LogP contribution in [0.1, 0.15) is 13.8 Å². The summed E-state index contributed by atoms with van der Waals surface area (Å²) in [7, 11) is -1.57. The molecule has 138 valence electrons. The van der Waals surface area contributed by atoms with Crippen molar-refractivity contribution in [3.05, 3.63) is 48.8 Å². The molecule has 3 N–H and O–H groups in total. The van der Waals surface area contributed by atoms with Crippen LogP contribution >= 0.6 is 11.3 Å². The Morgan fingerprint density at radius 1 is 1.22 bits per heavy atom. The van der Waals surface area contributed by atoms with Gasteiger partial charge in [0.2, 0.25) is 0 Å². The maximum atomic E-state index is 11.7. The van der Waals surface area contributed by atoms with Gasteiger partial charge in [-0.15, -0.1) is 0 Å². The Bertz CT molecular complexity index is 1160. The van der Waals surface area contributed by atoms with Gasteiger partial charge in [-0.3, -0.25) is 4.98 Å².